The molecule has 0 spiro atoms. The third-order valence-corrected chi connectivity index (χ3v) is 3.67. The molecule has 0 aliphatic heterocycles. The monoisotopic (exact) mass is 444 g/mol. The number of rotatable bonds is 3. The highest BCUT2D eigenvalue weighted by Crippen LogP contribution is 2.17. The van der Waals surface area contributed by atoms with Crippen LogP contribution in [0.1, 0.15) is 15.9 Å². The summed E-state index contributed by atoms with van der Waals surface area (Å²) >= 11 is 5.44. The van der Waals surface area contributed by atoms with Crippen molar-refractivity contribution in [3.8, 4) is 5.75 Å². The van der Waals surface area contributed by atoms with E-state index in [-0.39, 0.29) is 11.7 Å². The van der Waals surface area contributed by atoms with Gasteiger partial charge >= 0.3 is 0 Å². The maximum Gasteiger partial charge on any atom is 0.271 e. The van der Waals surface area contributed by atoms with Crippen LogP contribution in [0.15, 0.2) is 52.0 Å². The van der Waals surface area contributed by atoms with Crippen molar-refractivity contribution in [1.82, 2.24) is 5.43 Å². The molecule has 2 N–H and O–H groups in total. The van der Waals surface area contributed by atoms with Crippen LogP contribution in [0.5, 0.6) is 5.75 Å². The van der Waals surface area contributed by atoms with Gasteiger partial charge in [-0.15, -0.1) is 0 Å². The fourth-order valence-electron chi connectivity index (χ4n) is 1.46. The van der Waals surface area contributed by atoms with E-state index >= 15 is 0 Å². The van der Waals surface area contributed by atoms with E-state index in [1.54, 1.807) is 42.5 Å². The van der Waals surface area contributed by atoms with Crippen LogP contribution in [0.4, 0.5) is 0 Å². The summed E-state index contributed by atoms with van der Waals surface area (Å²) in [5.41, 5.74) is 3.48. The Kier molecular flexibility index (Phi) is 5.13. The van der Waals surface area contributed by atoms with Crippen LogP contribution in [-0.4, -0.2) is 17.2 Å². The van der Waals surface area contributed by atoms with Gasteiger partial charge in [0, 0.05) is 19.2 Å². The average Bonchev–Trinajstić information content (AvgIpc) is 2.43. The molecule has 6 heteroatoms. The van der Waals surface area contributed by atoms with Gasteiger partial charge in [-0.05, 0) is 65.1 Å². The highest BCUT2D eigenvalue weighted by molar-refractivity contribution is 14.1. The van der Waals surface area contributed by atoms with Crippen molar-refractivity contribution in [2.75, 3.05) is 0 Å². The molecule has 0 bridgehead atoms. The number of amides is 1. The van der Waals surface area contributed by atoms with E-state index in [9.17, 15) is 9.90 Å². The zero-order valence-corrected chi connectivity index (χ0v) is 13.9. The lowest BCUT2D eigenvalue weighted by Crippen LogP contribution is -2.17. The molecule has 0 radical (unpaired) electrons. The third-order valence-electron chi connectivity index (χ3n) is 2.47. The second-order valence-corrected chi connectivity index (χ2v) is 6.07. The predicted molar refractivity (Wildman–Crippen MR) is 90.0 cm³/mol. The Bertz CT molecular complexity index is 657. The summed E-state index contributed by atoms with van der Waals surface area (Å²) in [6, 6.07) is 12.1. The molecule has 0 aliphatic rings. The molecule has 0 unspecified atom stereocenters. The molecule has 0 saturated carbocycles. The van der Waals surface area contributed by atoms with Gasteiger partial charge in [0.25, 0.3) is 5.91 Å². The number of carbonyl (C=O) groups is 1. The van der Waals surface area contributed by atoms with Crippen LogP contribution < -0.4 is 5.43 Å². The number of phenolic OH excluding ortho intramolecular Hbond substituents is 1. The van der Waals surface area contributed by atoms with Crippen molar-refractivity contribution in [1.29, 1.82) is 0 Å². The van der Waals surface area contributed by atoms with E-state index in [4.69, 9.17) is 0 Å². The molecule has 2 aromatic rings. The lowest BCUT2D eigenvalue weighted by atomic mass is 10.2. The van der Waals surface area contributed by atoms with Crippen molar-refractivity contribution in [2.24, 2.45) is 5.10 Å². The van der Waals surface area contributed by atoms with E-state index in [0.717, 1.165) is 8.04 Å². The number of hydrogen-bond donors (Lipinski definition) is 2. The molecule has 0 atom stereocenters. The van der Waals surface area contributed by atoms with E-state index in [1.807, 2.05) is 0 Å². The van der Waals surface area contributed by atoms with Crippen molar-refractivity contribution in [3.05, 3.63) is 61.6 Å². The fraction of sp³-hybridized carbons (Fsp3) is 0. The maximum absolute atomic E-state index is 11.8. The molecule has 20 heavy (non-hydrogen) atoms. The first-order chi connectivity index (χ1) is 9.56. The van der Waals surface area contributed by atoms with Gasteiger partial charge in [0.2, 0.25) is 0 Å². The van der Waals surface area contributed by atoms with Crippen molar-refractivity contribution in [3.63, 3.8) is 0 Å². The van der Waals surface area contributed by atoms with Gasteiger partial charge in [-0.25, -0.2) is 5.43 Å². The SMILES string of the molecule is O=C(N/N=C/c1cc(I)ccc1O)c1ccc(Br)cc1. The summed E-state index contributed by atoms with van der Waals surface area (Å²) in [6.07, 6.45) is 1.41. The summed E-state index contributed by atoms with van der Waals surface area (Å²) in [7, 11) is 0. The quantitative estimate of drug-likeness (QED) is 0.432. The van der Waals surface area contributed by atoms with Crippen LogP contribution in [0.25, 0.3) is 0 Å². The summed E-state index contributed by atoms with van der Waals surface area (Å²) in [5.74, 6) is -0.189. The van der Waals surface area contributed by atoms with Gasteiger partial charge in [0.05, 0.1) is 6.21 Å². The van der Waals surface area contributed by atoms with Gasteiger partial charge in [0.1, 0.15) is 5.75 Å². The smallest absolute Gasteiger partial charge is 0.271 e. The minimum atomic E-state index is -0.307. The Hall–Kier alpha value is -1.41. The minimum Gasteiger partial charge on any atom is -0.507 e. The van der Waals surface area contributed by atoms with Crippen LogP contribution in [-0.2, 0) is 0 Å². The molecule has 0 saturated heterocycles. The number of aromatic hydroxyl groups is 1. The molecule has 0 aromatic heterocycles. The van der Waals surface area contributed by atoms with Crippen LogP contribution >= 0.6 is 38.5 Å². The Morgan fingerprint density at radius 3 is 2.65 bits per heavy atom. The number of benzene rings is 2. The maximum atomic E-state index is 11.8. The first kappa shape index (κ1) is 15.0. The molecule has 0 heterocycles. The summed E-state index contributed by atoms with van der Waals surface area (Å²) in [6.45, 7) is 0. The summed E-state index contributed by atoms with van der Waals surface area (Å²) in [4.78, 5) is 11.8. The normalized spacial score (nSPS) is 10.7. The Morgan fingerprint density at radius 2 is 1.95 bits per heavy atom. The Morgan fingerprint density at radius 1 is 1.25 bits per heavy atom. The fourth-order valence-corrected chi connectivity index (χ4v) is 2.23. The highest BCUT2D eigenvalue weighted by atomic mass is 127. The largest absolute Gasteiger partial charge is 0.507 e. The second kappa shape index (κ2) is 6.85. The number of halogens is 2. The molecule has 0 fully saturated rings. The minimum absolute atomic E-state index is 0.118. The zero-order valence-electron chi connectivity index (χ0n) is 10.2. The van der Waals surface area contributed by atoms with E-state index in [0.29, 0.717) is 11.1 Å². The number of nitrogens with one attached hydrogen (secondary N) is 1. The first-order valence-corrected chi connectivity index (χ1v) is 7.51. The first-order valence-electron chi connectivity index (χ1n) is 5.64. The summed E-state index contributed by atoms with van der Waals surface area (Å²) < 4.78 is 1.88. The van der Waals surface area contributed by atoms with E-state index in [2.05, 4.69) is 49.0 Å². The number of phenols is 1. The molecule has 102 valence electrons. The Labute approximate surface area is 138 Å². The van der Waals surface area contributed by atoms with Crippen LogP contribution in [0.3, 0.4) is 0 Å². The molecule has 4 nitrogen and oxygen atoms in total. The molecule has 1 amide bonds. The predicted octanol–water partition coefficient (Wildman–Crippen LogP) is 3.52. The lowest BCUT2D eigenvalue weighted by molar-refractivity contribution is 0.0955. The molecule has 2 aromatic carbocycles. The van der Waals surface area contributed by atoms with Gasteiger partial charge in [-0.3, -0.25) is 4.79 Å². The van der Waals surface area contributed by atoms with Gasteiger partial charge in [0.15, 0.2) is 0 Å². The number of hydrazone groups is 1. The van der Waals surface area contributed by atoms with Crippen molar-refractivity contribution in [2.45, 2.75) is 0 Å². The lowest BCUT2D eigenvalue weighted by Gasteiger charge is -2.01. The van der Waals surface area contributed by atoms with Gasteiger partial charge < -0.3 is 5.11 Å². The zero-order chi connectivity index (χ0) is 14.5. The Balaban J connectivity index is 2.04. The topological polar surface area (TPSA) is 61.7 Å². The number of hydrogen-bond acceptors (Lipinski definition) is 3. The molecule has 0 aliphatic carbocycles. The van der Waals surface area contributed by atoms with E-state index in [1.165, 1.54) is 6.21 Å². The average molecular weight is 445 g/mol. The third kappa shape index (κ3) is 4.04. The van der Waals surface area contributed by atoms with Crippen molar-refractivity contribution < 1.29 is 9.90 Å². The van der Waals surface area contributed by atoms with Crippen LogP contribution in [0.2, 0.25) is 0 Å². The summed E-state index contributed by atoms with van der Waals surface area (Å²) in [5, 5.41) is 13.5. The molecular formula is C14H10BrIN2O2. The van der Waals surface area contributed by atoms with Crippen LogP contribution in [0, 0.1) is 3.57 Å². The molecular weight excluding hydrogens is 435 g/mol. The number of nitrogens with zero attached hydrogens (tertiary/aromatic N) is 1. The van der Waals surface area contributed by atoms with Gasteiger partial charge in [-0.2, -0.15) is 5.10 Å². The van der Waals surface area contributed by atoms with E-state index < -0.39 is 0 Å². The molecule has 2 rings (SSSR count). The number of carbonyl (C=O) groups excluding carboxylic acids is 1. The van der Waals surface area contributed by atoms with Gasteiger partial charge in [-0.1, -0.05) is 15.9 Å². The van der Waals surface area contributed by atoms with Crippen molar-refractivity contribution >= 4 is 50.6 Å². The standard InChI is InChI=1S/C14H10BrIN2O2/c15-11-3-1-9(2-4-11)14(20)18-17-8-10-7-12(16)5-6-13(10)19/h1-8,19H,(H,18,20)/b17-8+. The second-order valence-electron chi connectivity index (χ2n) is 3.91. The highest BCUT2D eigenvalue weighted by Gasteiger charge is 2.03.